The maximum absolute atomic E-state index is 13.3. The SMILES string of the molecule is C#CC(C)(C)Oc1cc(O)c2c(=O)c3ccc(OC(C)(C)C#C)c(OC(C)(C)C#C)c3oc2c1. The van der Waals surface area contributed by atoms with E-state index in [-0.39, 0.29) is 44.9 Å². The molecule has 0 aliphatic carbocycles. The molecule has 1 heterocycles. The molecule has 3 aromatic rings. The summed E-state index contributed by atoms with van der Waals surface area (Å²) in [4.78, 5) is 13.3. The molecule has 0 saturated carbocycles. The molecule has 0 aliphatic heterocycles. The minimum absolute atomic E-state index is 0.0156. The van der Waals surface area contributed by atoms with Crippen molar-refractivity contribution in [3.05, 3.63) is 34.5 Å². The van der Waals surface area contributed by atoms with Gasteiger partial charge < -0.3 is 23.7 Å². The summed E-state index contributed by atoms with van der Waals surface area (Å²) in [5.74, 6) is 7.87. The van der Waals surface area contributed by atoms with Gasteiger partial charge in [0.05, 0.1) is 5.39 Å². The maximum atomic E-state index is 13.3. The van der Waals surface area contributed by atoms with E-state index >= 15 is 0 Å². The van der Waals surface area contributed by atoms with Crippen molar-refractivity contribution in [3.8, 4) is 60.0 Å². The van der Waals surface area contributed by atoms with E-state index < -0.39 is 22.2 Å². The van der Waals surface area contributed by atoms with Gasteiger partial charge in [0.1, 0.15) is 22.5 Å². The molecule has 0 fully saturated rings. The summed E-state index contributed by atoms with van der Waals surface area (Å²) in [6.07, 6.45) is 16.7. The van der Waals surface area contributed by atoms with Crippen molar-refractivity contribution in [1.82, 2.24) is 0 Å². The van der Waals surface area contributed by atoms with Gasteiger partial charge in [-0.15, -0.1) is 19.3 Å². The number of ether oxygens (including phenoxy) is 3. The van der Waals surface area contributed by atoms with Gasteiger partial charge in [-0.1, -0.05) is 17.8 Å². The number of benzene rings is 2. The fraction of sp³-hybridized carbons (Fsp3) is 0.321. The first kappa shape index (κ1) is 24.4. The number of fused-ring (bicyclic) bond motifs is 2. The molecule has 0 bridgehead atoms. The lowest BCUT2D eigenvalue weighted by molar-refractivity contribution is 0.135. The molecule has 0 saturated heterocycles. The van der Waals surface area contributed by atoms with Crippen LogP contribution in [0.15, 0.2) is 33.5 Å². The quantitative estimate of drug-likeness (QED) is 0.413. The first-order chi connectivity index (χ1) is 15.7. The van der Waals surface area contributed by atoms with Gasteiger partial charge in [0.25, 0.3) is 0 Å². The number of rotatable bonds is 6. The van der Waals surface area contributed by atoms with Crippen molar-refractivity contribution in [2.45, 2.75) is 58.3 Å². The smallest absolute Gasteiger partial charge is 0.206 e. The van der Waals surface area contributed by atoms with E-state index in [1.54, 1.807) is 47.6 Å². The molecule has 0 unspecified atom stereocenters. The highest BCUT2D eigenvalue weighted by Gasteiger charge is 2.28. The van der Waals surface area contributed by atoms with E-state index in [2.05, 4.69) is 17.8 Å². The predicted molar refractivity (Wildman–Crippen MR) is 132 cm³/mol. The average Bonchev–Trinajstić information content (AvgIpc) is 2.74. The molecule has 174 valence electrons. The minimum Gasteiger partial charge on any atom is -0.507 e. The second kappa shape index (κ2) is 8.29. The lowest BCUT2D eigenvalue weighted by atomic mass is 10.1. The molecule has 0 atom stereocenters. The molecular weight excluding hydrogens is 432 g/mol. The number of terminal acetylenes is 3. The summed E-state index contributed by atoms with van der Waals surface area (Å²) < 4.78 is 23.9. The average molecular weight is 459 g/mol. The maximum Gasteiger partial charge on any atom is 0.206 e. The number of aromatic hydroxyl groups is 1. The summed E-state index contributed by atoms with van der Waals surface area (Å²) in [5, 5.41) is 10.7. The summed E-state index contributed by atoms with van der Waals surface area (Å²) in [5.41, 5.74) is -3.32. The molecule has 6 heteroatoms. The van der Waals surface area contributed by atoms with Gasteiger partial charge >= 0.3 is 0 Å². The molecule has 0 spiro atoms. The van der Waals surface area contributed by atoms with E-state index in [0.29, 0.717) is 0 Å². The van der Waals surface area contributed by atoms with Crippen LogP contribution in [0, 0.1) is 37.0 Å². The molecule has 0 radical (unpaired) electrons. The summed E-state index contributed by atoms with van der Waals surface area (Å²) >= 11 is 0. The predicted octanol–water partition coefficient (Wildman–Crippen LogP) is 5.02. The van der Waals surface area contributed by atoms with Gasteiger partial charge in [0.2, 0.25) is 11.2 Å². The number of hydrogen-bond donors (Lipinski definition) is 1. The van der Waals surface area contributed by atoms with Crippen LogP contribution in [0.1, 0.15) is 41.5 Å². The van der Waals surface area contributed by atoms with Crippen LogP contribution in [0.4, 0.5) is 0 Å². The Kier molecular flexibility index (Phi) is 5.96. The van der Waals surface area contributed by atoms with Crippen LogP contribution >= 0.6 is 0 Å². The lowest BCUT2D eigenvalue weighted by Crippen LogP contribution is -2.29. The van der Waals surface area contributed by atoms with Crippen LogP contribution in [0.5, 0.6) is 23.0 Å². The highest BCUT2D eigenvalue weighted by atomic mass is 16.5. The van der Waals surface area contributed by atoms with Crippen LogP contribution in [-0.4, -0.2) is 21.9 Å². The second-order valence-corrected chi connectivity index (χ2v) is 9.29. The molecule has 0 aliphatic rings. The van der Waals surface area contributed by atoms with Crippen LogP contribution in [0.3, 0.4) is 0 Å². The van der Waals surface area contributed by atoms with Crippen molar-refractivity contribution in [2.75, 3.05) is 0 Å². The molecule has 1 aromatic heterocycles. The van der Waals surface area contributed by atoms with E-state index in [1.165, 1.54) is 18.2 Å². The molecular formula is C28H26O6. The fourth-order valence-corrected chi connectivity index (χ4v) is 3.10. The molecule has 3 rings (SSSR count). The van der Waals surface area contributed by atoms with Crippen LogP contribution < -0.4 is 19.6 Å². The molecule has 6 nitrogen and oxygen atoms in total. The minimum atomic E-state index is -1.07. The summed E-state index contributed by atoms with van der Waals surface area (Å²) in [7, 11) is 0. The van der Waals surface area contributed by atoms with Gasteiger partial charge in [0.15, 0.2) is 28.1 Å². The van der Waals surface area contributed by atoms with Crippen LogP contribution in [0.25, 0.3) is 21.9 Å². The zero-order valence-corrected chi connectivity index (χ0v) is 20.0. The Bertz CT molecular complexity index is 1470. The van der Waals surface area contributed by atoms with Crippen LogP contribution in [-0.2, 0) is 0 Å². The zero-order valence-electron chi connectivity index (χ0n) is 20.0. The third-order valence-electron chi connectivity index (χ3n) is 4.95. The van der Waals surface area contributed by atoms with Gasteiger partial charge in [-0.05, 0) is 53.7 Å². The second-order valence-electron chi connectivity index (χ2n) is 9.29. The van der Waals surface area contributed by atoms with E-state index in [9.17, 15) is 9.90 Å². The first-order valence-electron chi connectivity index (χ1n) is 10.5. The molecule has 0 amide bonds. The lowest BCUT2D eigenvalue weighted by Gasteiger charge is -2.26. The number of hydrogen-bond acceptors (Lipinski definition) is 6. The third-order valence-corrected chi connectivity index (χ3v) is 4.95. The summed E-state index contributed by atoms with van der Waals surface area (Å²) in [6.45, 7) is 10.2. The zero-order chi connectivity index (χ0) is 25.5. The monoisotopic (exact) mass is 458 g/mol. The third kappa shape index (κ3) is 4.75. The summed E-state index contributed by atoms with van der Waals surface area (Å²) in [6, 6.07) is 5.86. The topological polar surface area (TPSA) is 78.1 Å². The molecule has 34 heavy (non-hydrogen) atoms. The fourth-order valence-electron chi connectivity index (χ4n) is 3.10. The Balaban J connectivity index is 2.38. The Morgan fingerprint density at radius 1 is 0.853 bits per heavy atom. The van der Waals surface area contributed by atoms with Crippen molar-refractivity contribution in [2.24, 2.45) is 0 Å². The Morgan fingerprint density at radius 2 is 1.41 bits per heavy atom. The Hall–Kier alpha value is -4.21. The number of phenols is 1. The highest BCUT2D eigenvalue weighted by molar-refractivity contribution is 5.96. The Labute approximate surface area is 198 Å². The van der Waals surface area contributed by atoms with E-state index in [1.807, 2.05) is 0 Å². The van der Waals surface area contributed by atoms with Crippen molar-refractivity contribution in [3.63, 3.8) is 0 Å². The first-order valence-corrected chi connectivity index (χ1v) is 10.5. The van der Waals surface area contributed by atoms with E-state index in [4.69, 9.17) is 37.9 Å². The van der Waals surface area contributed by atoms with Gasteiger partial charge in [0, 0.05) is 12.1 Å². The van der Waals surface area contributed by atoms with Crippen molar-refractivity contribution < 1.29 is 23.7 Å². The van der Waals surface area contributed by atoms with Crippen molar-refractivity contribution >= 4 is 21.9 Å². The van der Waals surface area contributed by atoms with Gasteiger partial charge in [-0.25, -0.2) is 0 Å². The molecule has 2 aromatic carbocycles. The van der Waals surface area contributed by atoms with Gasteiger partial charge in [-0.2, -0.15) is 0 Å². The van der Waals surface area contributed by atoms with Crippen molar-refractivity contribution in [1.29, 1.82) is 0 Å². The number of phenolic OH excluding ortho intramolecular Hbond substituents is 1. The highest BCUT2D eigenvalue weighted by Crippen LogP contribution is 2.41. The van der Waals surface area contributed by atoms with E-state index in [0.717, 1.165) is 0 Å². The van der Waals surface area contributed by atoms with Gasteiger partial charge in [-0.3, -0.25) is 4.79 Å². The standard InChI is InChI=1S/C28H26O6/c1-10-26(4,5)32-17-15-19(29)22-21(16-17)31-24-18(23(22)30)13-14-20(33-27(6,7)11-2)25(24)34-28(8,9)12-3/h1-3,13-16,29H,4-9H3. The van der Waals surface area contributed by atoms with Crippen LogP contribution in [0.2, 0.25) is 0 Å². The largest absolute Gasteiger partial charge is 0.507 e. The Morgan fingerprint density at radius 3 is 2.00 bits per heavy atom. The normalized spacial score (nSPS) is 12.0. The molecule has 1 N–H and O–H groups in total.